The minimum Gasteiger partial charge on any atom is -0.383 e. The van der Waals surface area contributed by atoms with Gasteiger partial charge in [0.25, 0.3) is 0 Å². The lowest BCUT2D eigenvalue weighted by Gasteiger charge is -2.20. The Morgan fingerprint density at radius 2 is 1.40 bits per heavy atom. The summed E-state index contributed by atoms with van der Waals surface area (Å²) in [4.78, 5) is 31.2. The number of aromatic amines is 1. The minimum atomic E-state index is -0.205. The van der Waals surface area contributed by atoms with Gasteiger partial charge in [0.05, 0.1) is 117 Å². The summed E-state index contributed by atoms with van der Waals surface area (Å²) in [6, 6.07) is 3.86. The standard InChI is InChI=1S/C35H55N11O9/c36-33-31-32(29-25-28-3-6-39-34(28)40-26-29)44-46(35(31)42-27-41-33)8-2-1-5-38-30(47)4-9-48-11-13-50-15-17-52-19-21-54-23-24-55-22-20-53-18-16-51-14-12-49-10-7-43-45-37/h3,6,25-27,32,44H,1-2,4-5,7-24H2,(H,38,47)(H,39,40)(H2,36,41,42). The molecule has 5 N–H and O–H groups in total. The highest BCUT2D eigenvalue weighted by Gasteiger charge is 2.33. The largest absolute Gasteiger partial charge is 0.383 e. The molecule has 4 heterocycles. The first-order chi connectivity index (χ1) is 27.2. The van der Waals surface area contributed by atoms with Gasteiger partial charge in [0.1, 0.15) is 17.8 Å². The van der Waals surface area contributed by atoms with Crippen molar-refractivity contribution in [2.45, 2.75) is 25.3 Å². The van der Waals surface area contributed by atoms with Crippen molar-refractivity contribution in [3.8, 4) is 0 Å². The normalized spacial score (nSPS) is 13.7. The number of hydrogen-bond donors (Lipinski definition) is 4. The monoisotopic (exact) mass is 773 g/mol. The summed E-state index contributed by atoms with van der Waals surface area (Å²) in [6.45, 7) is 8.73. The number of rotatable bonds is 33. The number of H-pyrrole nitrogens is 1. The van der Waals surface area contributed by atoms with Crippen LogP contribution in [0.5, 0.6) is 0 Å². The highest BCUT2D eigenvalue weighted by atomic mass is 16.6. The van der Waals surface area contributed by atoms with E-state index < -0.39 is 0 Å². The third-order valence-electron chi connectivity index (χ3n) is 8.08. The van der Waals surface area contributed by atoms with E-state index >= 15 is 0 Å². The van der Waals surface area contributed by atoms with Crippen LogP contribution in [0.3, 0.4) is 0 Å². The lowest BCUT2D eigenvalue weighted by molar-refractivity contribution is -0.122. The summed E-state index contributed by atoms with van der Waals surface area (Å²) in [6.07, 6.45) is 7.09. The topological polar surface area (TPSA) is 247 Å². The van der Waals surface area contributed by atoms with Crippen LogP contribution in [0, 0.1) is 0 Å². The number of nitrogens with two attached hydrogens (primary N) is 1. The molecule has 20 heteroatoms. The molecule has 0 bridgehead atoms. The number of anilines is 2. The van der Waals surface area contributed by atoms with Gasteiger partial charge < -0.3 is 53.9 Å². The number of ether oxygens (including phenoxy) is 8. The lowest BCUT2D eigenvalue weighted by Crippen LogP contribution is -2.36. The van der Waals surface area contributed by atoms with Crippen molar-refractivity contribution in [2.75, 3.05) is 136 Å². The number of fused-ring (bicyclic) bond motifs is 2. The lowest BCUT2D eigenvalue weighted by atomic mass is 10.0. The third kappa shape index (κ3) is 17.0. The van der Waals surface area contributed by atoms with Crippen molar-refractivity contribution in [1.29, 1.82) is 0 Å². The first-order valence-corrected chi connectivity index (χ1v) is 18.6. The highest BCUT2D eigenvalue weighted by Crippen LogP contribution is 2.38. The zero-order valence-electron chi connectivity index (χ0n) is 31.4. The number of nitrogens with one attached hydrogen (secondary N) is 3. The van der Waals surface area contributed by atoms with E-state index in [1.54, 1.807) is 0 Å². The Hall–Kier alpha value is -4.21. The molecular weight excluding hydrogens is 718 g/mol. The Balaban J connectivity index is 0.871. The summed E-state index contributed by atoms with van der Waals surface area (Å²) < 4.78 is 43.5. The molecule has 0 saturated heterocycles. The second kappa shape index (κ2) is 27.4. The van der Waals surface area contributed by atoms with E-state index in [1.807, 2.05) is 23.5 Å². The van der Waals surface area contributed by atoms with Crippen molar-refractivity contribution in [3.05, 3.63) is 52.4 Å². The maximum Gasteiger partial charge on any atom is 0.222 e. The van der Waals surface area contributed by atoms with Crippen LogP contribution < -0.4 is 21.5 Å². The fourth-order valence-electron chi connectivity index (χ4n) is 5.37. The van der Waals surface area contributed by atoms with Gasteiger partial charge in [-0.3, -0.25) is 9.80 Å². The van der Waals surface area contributed by atoms with Crippen LogP contribution in [0.25, 0.3) is 21.5 Å². The van der Waals surface area contributed by atoms with Gasteiger partial charge in [-0.15, -0.1) is 0 Å². The smallest absolute Gasteiger partial charge is 0.222 e. The fourth-order valence-corrected chi connectivity index (χ4v) is 5.37. The van der Waals surface area contributed by atoms with Crippen LogP contribution in [-0.2, 0) is 42.7 Å². The minimum absolute atomic E-state index is 0.0483. The summed E-state index contributed by atoms with van der Waals surface area (Å²) in [5.74, 6) is 1.14. The predicted octanol–water partition coefficient (Wildman–Crippen LogP) is 2.08. The van der Waals surface area contributed by atoms with Crippen molar-refractivity contribution >= 4 is 28.6 Å². The summed E-state index contributed by atoms with van der Waals surface area (Å²) in [5, 5.41) is 9.35. The number of pyridine rings is 1. The predicted molar refractivity (Wildman–Crippen MR) is 202 cm³/mol. The van der Waals surface area contributed by atoms with Crippen LogP contribution in [-0.4, -0.2) is 151 Å². The van der Waals surface area contributed by atoms with Gasteiger partial charge in [-0.05, 0) is 36.1 Å². The highest BCUT2D eigenvalue weighted by molar-refractivity contribution is 5.77. The average molecular weight is 774 g/mol. The average Bonchev–Trinajstić information content (AvgIpc) is 3.82. The van der Waals surface area contributed by atoms with Crippen LogP contribution in [0.15, 0.2) is 36.0 Å². The van der Waals surface area contributed by atoms with Crippen LogP contribution in [0.4, 0.5) is 11.6 Å². The van der Waals surface area contributed by atoms with Crippen molar-refractivity contribution in [2.24, 2.45) is 5.11 Å². The number of carbonyl (C=O) groups excluding carboxylic acids is 1. The molecule has 0 fully saturated rings. The molecule has 0 spiro atoms. The molecule has 4 rings (SSSR count). The first-order valence-electron chi connectivity index (χ1n) is 18.6. The van der Waals surface area contributed by atoms with Crippen molar-refractivity contribution in [3.63, 3.8) is 0 Å². The number of hydrogen-bond acceptors (Lipinski definition) is 16. The molecule has 0 saturated carbocycles. The molecule has 20 nitrogen and oxygen atoms in total. The first kappa shape index (κ1) is 43.5. The number of azide groups is 1. The molecule has 1 amide bonds. The third-order valence-corrected chi connectivity index (χ3v) is 8.08. The van der Waals surface area contributed by atoms with Crippen LogP contribution in [0.1, 0.15) is 36.4 Å². The zero-order valence-corrected chi connectivity index (χ0v) is 31.4. The van der Waals surface area contributed by atoms with E-state index in [4.69, 9.17) is 49.2 Å². The van der Waals surface area contributed by atoms with Gasteiger partial charge in [0.15, 0.2) is 5.82 Å². The number of nitrogens with zero attached hydrogens (tertiary/aromatic N) is 7. The maximum atomic E-state index is 12.2. The number of carbonyl (C=O) groups is 1. The summed E-state index contributed by atoms with van der Waals surface area (Å²) >= 11 is 0. The van der Waals surface area contributed by atoms with E-state index in [0.717, 1.165) is 40.8 Å². The van der Waals surface area contributed by atoms with Crippen molar-refractivity contribution in [1.82, 2.24) is 30.7 Å². The number of unbranched alkanes of at least 4 members (excludes halogenated alkanes) is 1. The molecule has 0 radical (unpaired) electrons. The maximum absolute atomic E-state index is 12.2. The molecule has 3 aromatic heterocycles. The van der Waals surface area contributed by atoms with E-state index in [2.05, 4.69) is 46.8 Å². The molecule has 3 aromatic rings. The van der Waals surface area contributed by atoms with Gasteiger partial charge >= 0.3 is 0 Å². The van der Waals surface area contributed by atoms with Gasteiger partial charge in [-0.1, -0.05) is 5.11 Å². The Bertz CT molecular complexity index is 1550. The number of hydrazine groups is 1. The SMILES string of the molecule is [N-]=[N+]=NCCOCCOCCOCCOCCOCCOCCOCCOCCC(=O)NCCCCN1NC(c2cnc3[nH]ccc3c2)c2c(N)ncnc21. The Morgan fingerprint density at radius 1 is 0.818 bits per heavy atom. The van der Waals surface area contributed by atoms with Gasteiger partial charge in [0, 0.05) is 48.7 Å². The van der Waals surface area contributed by atoms with Gasteiger partial charge in [-0.2, -0.15) is 0 Å². The second-order valence-electron chi connectivity index (χ2n) is 12.1. The second-order valence-corrected chi connectivity index (χ2v) is 12.1. The zero-order chi connectivity index (χ0) is 38.6. The van der Waals surface area contributed by atoms with Crippen LogP contribution in [0.2, 0.25) is 0 Å². The number of amides is 1. The van der Waals surface area contributed by atoms with Crippen LogP contribution >= 0.6 is 0 Å². The fraction of sp³-hybridized carbons (Fsp3) is 0.657. The number of nitrogen functional groups attached to an aromatic ring is 1. The van der Waals surface area contributed by atoms with Gasteiger partial charge in [0.2, 0.25) is 5.91 Å². The Labute approximate surface area is 320 Å². The van der Waals surface area contributed by atoms with E-state index in [1.165, 1.54) is 6.33 Å². The van der Waals surface area contributed by atoms with E-state index in [0.29, 0.717) is 131 Å². The van der Waals surface area contributed by atoms with E-state index in [9.17, 15) is 4.79 Å². The van der Waals surface area contributed by atoms with E-state index in [-0.39, 0.29) is 18.4 Å². The molecular formula is C35H55N11O9. The summed E-state index contributed by atoms with van der Waals surface area (Å²) in [5.41, 5.74) is 20.6. The Morgan fingerprint density at radius 3 is 2.00 bits per heavy atom. The molecule has 1 aliphatic heterocycles. The molecule has 55 heavy (non-hydrogen) atoms. The number of aromatic nitrogens is 4. The molecule has 1 aliphatic rings. The Kier molecular flexibility index (Phi) is 21.7. The molecule has 1 unspecified atom stereocenters. The molecule has 0 aromatic carbocycles. The van der Waals surface area contributed by atoms with Crippen molar-refractivity contribution < 1.29 is 42.7 Å². The summed E-state index contributed by atoms with van der Waals surface area (Å²) in [7, 11) is 0. The van der Waals surface area contributed by atoms with Gasteiger partial charge in [-0.25, -0.2) is 20.4 Å². The molecule has 0 aliphatic carbocycles. The molecule has 1 atom stereocenters. The quantitative estimate of drug-likeness (QED) is 0.0300. The molecule has 304 valence electrons.